The SMILES string of the molecule is CCCCCNc1nc(N)nc2ccn(Cc3ccc(CC4CCN(C(=O)OC(C)(C)C)CC4)cc3OC)c12. The summed E-state index contributed by atoms with van der Waals surface area (Å²) in [6.07, 6.45) is 8.14. The summed E-state index contributed by atoms with van der Waals surface area (Å²) in [5.41, 5.74) is 9.63. The number of nitrogens with two attached hydrogens (primary N) is 1. The molecule has 212 valence electrons. The molecule has 9 nitrogen and oxygen atoms in total. The average Bonchev–Trinajstić information content (AvgIpc) is 3.29. The van der Waals surface area contributed by atoms with E-state index in [1.54, 1.807) is 7.11 Å². The fourth-order valence-electron chi connectivity index (χ4n) is 5.17. The number of likely N-dealkylation sites (tertiary alicyclic amines) is 1. The number of anilines is 2. The van der Waals surface area contributed by atoms with Gasteiger partial charge in [-0.1, -0.05) is 31.9 Å². The van der Waals surface area contributed by atoms with Crippen LogP contribution in [-0.2, 0) is 17.7 Å². The second-order valence-corrected chi connectivity index (χ2v) is 11.5. The molecule has 0 radical (unpaired) electrons. The third-order valence-corrected chi connectivity index (χ3v) is 7.18. The van der Waals surface area contributed by atoms with Gasteiger partial charge in [-0.2, -0.15) is 4.98 Å². The third-order valence-electron chi connectivity index (χ3n) is 7.18. The van der Waals surface area contributed by atoms with Gasteiger partial charge in [0, 0.05) is 31.4 Å². The highest BCUT2D eigenvalue weighted by molar-refractivity contribution is 5.87. The predicted molar refractivity (Wildman–Crippen MR) is 156 cm³/mol. The highest BCUT2D eigenvalue weighted by Crippen LogP contribution is 2.29. The summed E-state index contributed by atoms with van der Waals surface area (Å²) in [6, 6.07) is 8.49. The largest absolute Gasteiger partial charge is 0.496 e. The van der Waals surface area contributed by atoms with E-state index in [2.05, 4.69) is 45.0 Å². The number of carbonyl (C=O) groups excluding carboxylic acids is 1. The molecule has 4 rings (SSSR count). The smallest absolute Gasteiger partial charge is 0.410 e. The number of hydrogen-bond acceptors (Lipinski definition) is 7. The average molecular weight is 537 g/mol. The Morgan fingerprint density at radius 3 is 2.62 bits per heavy atom. The number of fused-ring (bicyclic) bond motifs is 1. The Labute approximate surface area is 232 Å². The molecule has 1 amide bonds. The number of ether oxygens (including phenoxy) is 2. The van der Waals surface area contributed by atoms with Gasteiger partial charge in [0.15, 0.2) is 5.82 Å². The monoisotopic (exact) mass is 536 g/mol. The second-order valence-electron chi connectivity index (χ2n) is 11.5. The summed E-state index contributed by atoms with van der Waals surface area (Å²) >= 11 is 0. The van der Waals surface area contributed by atoms with Gasteiger partial charge >= 0.3 is 6.09 Å². The molecule has 3 N–H and O–H groups in total. The molecule has 2 aromatic heterocycles. The topological polar surface area (TPSA) is 108 Å². The first-order valence-corrected chi connectivity index (χ1v) is 14.2. The number of unbranched alkanes of at least 4 members (excludes halogenated alkanes) is 2. The molecule has 1 fully saturated rings. The maximum absolute atomic E-state index is 12.4. The van der Waals surface area contributed by atoms with E-state index in [0.29, 0.717) is 12.5 Å². The number of nitrogens with one attached hydrogen (secondary N) is 1. The van der Waals surface area contributed by atoms with Crippen LogP contribution in [0.5, 0.6) is 5.75 Å². The van der Waals surface area contributed by atoms with Crippen molar-refractivity contribution in [2.45, 2.75) is 78.4 Å². The van der Waals surface area contributed by atoms with Crippen LogP contribution in [0.25, 0.3) is 11.0 Å². The summed E-state index contributed by atoms with van der Waals surface area (Å²) in [5.74, 6) is 2.44. The fourth-order valence-corrected chi connectivity index (χ4v) is 5.17. The van der Waals surface area contributed by atoms with Gasteiger partial charge in [0.05, 0.1) is 19.2 Å². The zero-order chi connectivity index (χ0) is 28.0. The van der Waals surface area contributed by atoms with Gasteiger partial charge in [0.25, 0.3) is 0 Å². The Hall–Kier alpha value is -3.49. The fraction of sp³-hybridized carbons (Fsp3) is 0.567. The van der Waals surface area contributed by atoms with Crippen LogP contribution in [0, 0.1) is 5.92 Å². The van der Waals surface area contributed by atoms with Crippen molar-refractivity contribution in [2.24, 2.45) is 5.92 Å². The number of hydrogen-bond donors (Lipinski definition) is 2. The minimum absolute atomic E-state index is 0.211. The van der Waals surface area contributed by atoms with Crippen molar-refractivity contribution in [3.05, 3.63) is 41.6 Å². The second kappa shape index (κ2) is 12.6. The highest BCUT2D eigenvalue weighted by Gasteiger charge is 2.27. The van der Waals surface area contributed by atoms with Crippen molar-refractivity contribution in [1.29, 1.82) is 0 Å². The molecule has 0 aliphatic carbocycles. The lowest BCUT2D eigenvalue weighted by Crippen LogP contribution is -2.42. The number of benzene rings is 1. The standard InChI is InChI=1S/C30H44N6O3/c1-6-7-8-14-32-27-26-24(33-28(31)34-27)13-17-36(26)20-23-10-9-22(19-25(23)38-5)18-21-11-15-35(16-12-21)29(37)39-30(2,3)4/h9-10,13,17,19,21H,6-8,11-12,14-16,18,20H2,1-5H3,(H3,31,32,33,34). The summed E-state index contributed by atoms with van der Waals surface area (Å²) in [4.78, 5) is 23.2. The summed E-state index contributed by atoms with van der Waals surface area (Å²) in [7, 11) is 1.72. The zero-order valence-electron chi connectivity index (χ0n) is 24.1. The lowest BCUT2D eigenvalue weighted by molar-refractivity contribution is 0.0184. The minimum atomic E-state index is -0.466. The number of piperidine rings is 1. The molecular weight excluding hydrogens is 492 g/mol. The Kier molecular flexibility index (Phi) is 9.20. The molecule has 0 spiro atoms. The number of nitrogen functional groups attached to an aromatic ring is 1. The van der Waals surface area contributed by atoms with E-state index in [0.717, 1.165) is 73.5 Å². The molecule has 39 heavy (non-hydrogen) atoms. The van der Waals surface area contributed by atoms with Crippen LogP contribution in [0.2, 0.25) is 0 Å². The Morgan fingerprint density at radius 1 is 1.15 bits per heavy atom. The van der Waals surface area contributed by atoms with Gasteiger partial charge in [0.1, 0.15) is 16.9 Å². The van der Waals surface area contributed by atoms with Crippen molar-refractivity contribution < 1.29 is 14.3 Å². The predicted octanol–water partition coefficient (Wildman–Crippen LogP) is 5.86. The molecule has 1 saturated heterocycles. The van der Waals surface area contributed by atoms with E-state index < -0.39 is 5.60 Å². The molecule has 1 aliphatic heterocycles. The number of rotatable bonds is 10. The van der Waals surface area contributed by atoms with Crippen molar-refractivity contribution in [3.8, 4) is 5.75 Å². The number of methoxy groups -OCH3 is 1. The summed E-state index contributed by atoms with van der Waals surface area (Å²) in [6.45, 7) is 10.9. The van der Waals surface area contributed by atoms with Crippen LogP contribution in [0.1, 0.15) is 70.9 Å². The zero-order valence-corrected chi connectivity index (χ0v) is 24.1. The summed E-state index contributed by atoms with van der Waals surface area (Å²) in [5, 5.41) is 3.46. The van der Waals surface area contributed by atoms with E-state index >= 15 is 0 Å². The lowest BCUT2D eigenvalue weighted by atomic mass is 9.90. The molecule has 3 aromatic rings. The van der Waals surface area contributed by atoms with Gasteiger partial charge < -0.3 is 30.0 Å². The Bertz CT molecular complexity index is 1260. The van der Waals surface area contributed by atoms with Gasteiger partial charge in [-0.15, -0.1) is 0 Å². The van der Waals surface area contributed by atoms with E-state index in [1.807, 2.05) is 37.9 Å². The molecular formula is C30H44N6O3. The molecule has 9 heteroatoms. The van der Waals surface area contributed by atoms with E-state index in [4.69, 9.17) is 15.2 Å². The molecule has 0 atom stereocenters. The Balaban J connectivity index is 1.43. The van der Waals surface area contributed by atoms with Crippen LogP contribution < -0.4 is 15.8 Å². The first kappa shape index (κ1) is 28.5. The first-order valence-electron chi connectivity index (χ1n) is 14.2. The van der Waals surface area contributed by atoms with E-state index in [1.165, 1.54) is 18.4 Å². The van der Waals surface area contributed by atoms with Crippen LogP contribution in [0.3, 0.4) is 0 Å². The van der Waals surface area contributed by atoms with Gasteiger partial charge in [0.2, 0.25) is 5.95 Å². The van der Waals surface area contributed by atoms with E-state index in [-0.39, 0.29) is 12.0 Å². The van der Waals surface area contributed by atoms with Crippen LogP contribution >= 0.6 is 0 Å². The number of nitrogens with zero attached hydrogens (tertiary/aromatic N) is 4. The quantitative estimate of drug-likeness (QED) is 0.312. The number of aromatic nitrogens is 3. The van der Waals surface area contributed by atoms with Crippen LogP contribution in [-0.4, -0.2) is 57.9 Å². The maximum atomic E-state index is 12.4. The van der Waals surface area contributed by atoms with Gasteiger partial charge in [-0.05, 0) is 70.1 Å². The van der Waals surface area contributed by atoms with Crippen molar-refractivity contribution in [2.75, 3.05) is 37.8 Å². The van der Waals surface area contributed by atoms with Crippen LogP contribution in [0.15, 0.2) is 30.5 Å². The molecule has 3 heterocycles. The minimum Gasteiger partial charge on any atom is -0.496 e. The lowest BCUT2D eigenvalue weighted by Gasteiger charge is -2.33. The maximum Gasteiger partial charge on any atom is 0.410 e. The first-order chi connectivity index (χ1) is 18.7. The molecule has 1 aliphatic rings. The Morgan fingerprint density at radius 2 is 1.92 bits per heavy atom. The number of carbonyl (C=O) groups is 1. The normalized spacial score (nSPS) is 14.5. The van der Waals surface area contributed by atoms with Crippen molar-refractivity contribution in [3.63, 3.8) is 0 Å². The van der Waals surface area contributed by atoms with Gasteiger partial charge in [-0.3, -0.25) is 0 Å². The molecule has 0 bridgehead atoms. The molecule has 0 unspecified atom stereocenters. The van der Waals surface area contributed by atoms with Crippen LogP contribution in [0.4, 0.5) is 16.6 Å². The highest BCUT2D eigenvalue weighted by atomic mass is 16.6. The molecule has 1 aromatic carbocycles. The number of amides is 1. The van der Waals surface area contributed by atoms with Crippen molar-refractivity contribution >= 4 is 28.9 Å². The van der Waals surface area contributed by atoms with Crippen molar-refractivity contribution in [1.82, 2.24) is 19.4 Å². The van der Waals surface area contributed by atoms with E-state index in [9.17, 15) is 4.79 Å². The molecule has 0 saturated carbocycles. The van der Waals surface area contributed by atoms with Gasteiger partial charge in [-0.25, -0.2) is 9.78 Å². The third kappa shape index (κ3) is 7.55. The summed E-state index contributed by atoms with van der Waals surface area (Å²) < 4.78 is 13.5.